The van der Waals surface area contributed by atoms with Crippen molar-refractivity contribution in [1.29, 1.82) is 0 Å². The van der Waals surface area contributed by atoms with Gasteiger partial charge >= 0.3 is 12.3 Å². The first-order valence-electron chi connectivity index (χ1n) is 8.81. The molecule has 144 valence electrons. The molecule has 0 bridgehead atoms. The molecular weight excluding hydrogens is 357 g/mol. The Bertz CT molecular complexity index is 794. The summed E-state index contributed by atoms with van der Waals surface area (Å²) in [5.41, 5.74) is 1.13. The zero-order valence-electron chi connectivity index (χ0n) is 14.8. The standard InChI is InChI=1S/C20H21F3N2O2/c1-2-15-11-18(25-19(26)27-12-13-6-4-3-5-7-13)16-10-14(20(21,22)23)8-9-17(16)24-15/h3-10,15,18,24H,2,11-12H2,1H3,(H,25,26). The van der Waals surface area contributed by atoms with Gasteiger partial charge in [-0.3, -0.25) is 0 Å². The lowest BCUT2D eigenvalue weighted by Crippen LogP contribution is -2.37. The van der Waals surface area contributed by atoms with Crippen LogP contribution in [0.15, 0.2) is 48.5 Å². The molecule has 1 heterocycles. The molecule has 2 aromatic rings. The smallest absolute Gasteiger partial charge is 0.416 e. The fourth-order valence-corrected chi connectivity index (χ4v) is 3.16. The maximum atomic E-state index is 13.1. The van der Waals surface area contributed by atoms with Crippen molar-refractivity contribution in [1.82, 2.24) is 5.32 Å². The number of ether oxygens (including phenoxy) is 1. The van der Waals surface area contributed by atoms with Gasteiger partial charge in [0.05, 0.1) is 11.6 Å². The summed E-state index contributed by atoms with van der Waals surface area (Å²) in [4.78, 5) is 12.2. The van der Waals surface area contributed by atoms with Gasteiger partial charge in [-0.2, -0.15) is 13.2 Å². The van der Waals surface area contributed by atoms with E-state index in [-0.39, 0.29) is 12.6 Å². The number of hydrogen-bond donors (Lipinski definition) is 2. The van der Waals surface area contributed by atoms with Gasteiger partial charge in [0.25, 0.3) is 0 Å². The molecule has 0 spiro atoms. The summed E-state index contributed by atoms with van der Waals surface area (Å²) >= 11 is 0. The lowest BCUT2D eigenvalue weighted by Gasteiger charge is -2.33. The number of carbonyl (C=O) groups is 1. The van der Waals surface area contributed by atoms with Gasteiger partial charge in [-0.25, -0.2) is 4.79 Å². The fourth-order valence-electron chi connectivity index (χ4n) is 3.16. The number of anilines is 1. The van der Waals surface area contributed by atoms with Crippen molar-refractivity contribution in [3.05, 3.63) is 65.2 Å². The molecule has 2 N–H and O–H groups in total. The third kappa shape index (κ3) is 4.72. The van der Waals surface area contributed by atoms with E-state index in [9.17, 15) is 18.0 Å². The minimum atomic E-state index is -4.44. The molecule has 0 radical (unpaired) electrons. The number of carbonyl (C=O) groups excluding carboxylic acids is 1. The second kappa shape index (κ2) is 7.90. The zero-order valence-corrected chi connectivity index (χ0v) is 14.8. The van der Waals surface area contributed by atoms with Crippen molar-refractivity contribution >= 4 is 11.8 Å². The van der Waals surface area contributed by atoms with E-state index in [0.717, 1.165) is 24.1 Å². The van der Waals surface area contributed by atoms with Gasteiger partial charge in [-0.1, -0.05) is 37.3 Å². The lowest BCUT2D eigenvalue weighted by molar-refractivity contribution is -0.137. The maximum absolute atomic E-state index is 13.1. The van der Waals surface area contributed by atoms with Crippen LogP contribution >= 0.6 is 0 Å². The first-order valence-corrected chi connectivity index (χ1v) is 8.81. The number of nitrogens with one attached hydrogen (secondary N) is 2. The Balaban J connectivity index is 1.75. The van der Waals surface area contributed by atoms with Crippen LogP contribution in [0.4, 0.5) is 23.7 Å². The second-order valence-electron chi connectivity index (χ2n) is 6.54. The minimum Gasteiger partial charge on any atom is -0.445 e. The van der Waals surface area contributed by atoms with Gasteiger partial charge in [-0.15, -0.1) is 0 Å². The van der Waals surface area contributed by atoms with Crippen molar-refractivity contribution in [2.45, 2.75) is 44.6 Å². The highest BCUT2D eigenvalue weighted by atomic mass is 19.4. The Labute approximate surface area is 155 Å². The van der Waals surface area contributed by atoms with E-state index in [2.05, 4.69) is 10.6 Å². The zero-order chi connectivity index (χ0) is 19.4. The van der Waals surface area contributed by atoms with E-state index in [4.69, 9.17) is 4.74 Å². The summed E-state index contributed by atoms with van der Waals surface area (Å²) in [5, 5.41) is 5.95. The molecule has 3 rings (SSSR count). The third-order valence-electron chi connectivity index (χ3n) is 4.63. The van der Waals surface area contributed by atoms with E-state index >= 15 is 0 Å². The summed E-state index contributed by atoms with van der Waals surface area (Å²) in [6, 6.07) is 12.3. The molecule has 0 aliphatic carbocycles. The molecule has 1 amide bonds. The number of amides is 1. The molecule has 2 atom stereocenters. The van der Waals surface area contributed by atoms with Gasteiger partial charge in [0.1, 0.15) is 6.61 Å². The number of fused-ring (bicyclic) bond motifs is 1. The van der Waals surface area contributed by atoms with Crippen molar-refractivity contribution in [2.75, 3.05) is 5.32 Å². The first kappa shape index (κ1) is 19.1. The molecule has 1 aliphatic heterocycles. The lowest BCUT2D eigenvalue weighted by atomic mass is 9.90. The van der Waals surface area contributed by atoms with Crippen molar-refractivity contribution in [3.8, 4) is 0 Å². The molecule has 2 aromatic carbocycles. The number of benzene rings is 2. The molecule has 27 heavy (non-hydrogen) atoms. The maximum Gasteiger partial charge on any atom is 0.416 e. The van der Waals surface area contributed by atoms with Gasteiger partial charge in [0.2, 0.25) is 0 Å². The number of alkyl carbamates (subject to hydrolysis) is 1. The van der Waals surface area contributed by atoms with Gasteiger partial charge in [-0.05, 0) is 42.2 Å². The van der Waals surface area contributed by atoms with Crippen LogP contribution in [0, 0.1) is 0 Å². The molecule has 0 fully saturated rings. The molecule has 0 saturated carbocycles. The Morgan fingerprint density at radius 1 is 1.22 bits per heavy atom. The highest BCUT2D eigenvalue weighted by Crippen LogP contribution is 2.38. The number of rotatable bonds is 4. The monoisotopic (exact) mass is 378 g/mol. The topological polar surface area (TPSA) is 50.4 Å². The van der Waals surface area contributed by atoms with Crippen molar-refractivity contribution in [3.63, 3.8) is 0 Å². The average Bonchev–Trinajstić information content (AvgIpc) is 2.66. The molecule has 7 heteroatoms. The number of halogens is 3. The van der Waals surface area contributed by atoms with Crippen LogP contribution < -0.4 is 10.6 Å². The fraction of sp³-hybridized carbons (Fsp3) is 0.350. The van der Waals surface area contributed by atoms with Crippen LogP contribution in [-0.4, -0.2) is 12.1 Å². The van der Waals surface area contributed by atoms with Gasteiger partial charge in [0, 0.05) is 11.7 Å². The van der Waals surface area contributed by atoms with E-state index < -0.39 is 23.9 Å². The van der Waals surface area contributed by atoms with Crippen LogP contribution in [0.1, 0.15) is 42.5 Å². The van der Waals surface area contributed by atoms with Gasteiger partial charge in [0.15, 0.2) is 0 Å². The van der Waals surface area contributed by atoms with E-state index in [1.54, 1.807) is 0 Å². The van der Waals surface area contributed by atoms with Crippen molar-refractivity contribution in [2.24, 2.45) is 0 Å². The van der Waals surface area contributed by atoms with Crippen LogP contribution in [0.5, 0.6) is 0 Å². The number of alkyl halides is 3. The SMILES string of the molecule is CCC1CC(NC(=O)OCc2ccccc2)c2cc(C(F)(F)F)ccc2N1. The Morgan fingerprint density at radius 3 is 2.63 bits per heavy atom. The normalized spacial score (nSPS) is 19.0. The predicted octanol–water partition coefficient (Wildman–Crippen LogP) is 5.27. The Kier molecular flexibility index (Phi) is 5.58. The molecular formula is C20H21F3N2O2. The predicted molar refractivity (Wildman–Crippen MR) is 96.3 cm³/mol. The quantitative estimate of drug-likeness (QED) is 0.762. The summed E-state index contributed by atoms with van der Waals surface area (Å²) < 4.78 is 44.4. The van der Waals surface area contributed by atoms with E-state index in [1.165, 1.54) is 6.07 Å². The largest absolute Gasteiger partial charge is 0.445 e. The van der Waals surface area contributed by atoms with Gasteiger partial charge < -0.3 is 15.4 Å². The molecule has 0 saturated heterocycles. The summed E-state index contributed by atoms with van der Waals surface area (Å²) in [7, 11) is 0. The minimum absolute atomic E-state index is 0.0636. The second-order valence-corrected chi connectivity index (χ2v) is 6.54. The summed E-state index contributed by atoms with van der Waals surface area (Å²) in [6.07, 6.45) is -3.80. The van der Waals surface area contributed by atoms with Crippen LogP contribution in [0.3, 0.4) is 0 Å². The molecule has 1 aliphatic rings. The van der Waals surface area contributed by atoms with Crippen LogP contribution in [0.25, 0.3) is 0 Å². The summed E-state index contributed by atoms with van der Waals surface area (Å²) in [6.45, 7) is 2.09. The number of hydrogen-bond acceptors (Lipinski definition) is 3. The van der Waals surface area contributed by atoms with E-state index in [1.807, 2.05) is 37.3 Å². The molecule has 2 unspecified atom stereocenters. The van der Waals surface area contributed by atoms with Crippen molar-refractivity contribution < 1.29 is 22.7 Å². The first-order chi connectivity index (χ1) is 12.9. The molecule has 0 aromatic heterocycles. The Hall–Kier alpha value is -2.70. The Morgan fingerprint density at radius 2 is 1.96 bits per heavy atom. The van der Waals surface area contributed by atoms with Crippen LogP contribution in [-0.2, 0) is 17.5 Å². The highest BCUT2D eigenvalue weighted by Gasteiger charge is 2.34. The average molecular weight is 378 g/mol. The van der Waals surface area contributed by atoms with E-state index in [0.29, 0.717) is 17.7 Å². The highest BCUT2D eigenvalue weighted by molar-refractivity contribution is 5.69. The third-order valence-corrected chi connectivity index (χ3v) is 4.63. The summed E-state index contributed by atoms with van der Waals surface area (Å²) in [5.74, 6) is 0. The molecule has 4 nitrogen and oxygen atoms in total. The van der Waals surface area contributed by atoms with Crippen LogP contribution in [0.2, 0.25) is 0 Å².